The van der Waals surface area contributed by atoms with Crippen molar-refractivity contribution in [1.82, 2.24) is 25.4 Å². The zero-order valence-electron chi connectivity index (χ0n) is 14.5. The van der Waals surface area contributed by atoms with Crippen molar-refractivity contribution >= 4 is 11.9 Å². The van der Waals surface area contributed by atoms with Gasteiger partial charge in [-0.3, -0.25) is 9.69 Å². The maximum Gasteiger partial charge on any atom is 0.245 e. The van der Waals surface area contributed by atoms with Gasteiger partial charge in [-0.2, -0.15) is 5.10 Å². The molecule has 0 aromatic carbocycles. The van der Waals surface area contributed by atoms with E-state index >= 15 is 0 Å². The standard InChI is InChI=1S/C16H28N6O/c1-4-13-14(5-2)19-20-16(18-13)22-9-7-8-21(10-11-22)12-15(23)17-6-3/h4-12H2,1-3H3,(H,17,23). The maximum absolute atomic E-state index is 11.7. The largest absolute Gasteiger partial charge is 0.355 e. The van der Waals surface area contributed by atoms with Gasteiger partial charge >= 0.3 is 0 Å². The summed E-state index contributed by atoms with van der Waals surface area (Å²) in [5.74, 6) is 0.818. The van der Waals surface area contributed by atoms with Gasteiger partial charge in [0.1, 0.15) is 0 Å². The molecule has 0 spiro atoms. The molecule has 1 aliphatic heterocycles. The lowest BCUT2D eigenvalue weighted by molar-refractivity contribution is -0.122. The van der Waals surface area contributed by atoms with Gasteiger partial charge < -0.3 is 10.2 Å². The Morgan fingerprint density at radius 2 is 1.83 bits per heavy atom. The normalized spacial score (nSPS) is 16.2. The van der Waals surface area contributed by atoms with Gasteiger partial charge in [-0.15, -0.1) is 5.10 Å². The van der Waals surface area contributed by atoms with Crippen molar-refractivity contribution in [3.8, 4) is 0 Å². The lowest BCUT2D eigenvalue weighted by Gasteiger charge is -2.21. The highest BCUT2D eigenvalue weighted by Gasteiger charge is 2.19. The molecule has 1 saturated heterocycles. The summed E-state index contributed by atoms with van der Waals surface area (Å²) < 4.78 is 0. The fraction of sp³-hybridized carbons (Fsp3) is 0.750. The molecule has 0 saturated carbocycles. The Kier molecular flexibility index (Phi) is 6.70. The summed E-state index contributed by atoms with van der Waals surface area (Å²) in [7, 11) is 0. The van der Waals surface area contributed by atoms with Gasteiger partial charge in [0.25, 0.3) is 0 Å². The molecule has 7 nitrogen and oxygen atoms in total. The van der Waals surface area contributed by atoms with E-state index in [1.165, 1.54) is 0 Å². The van der Waals surface area contributed by atoms with Crippen LogP contribution in [-0.4, -0.2) is 65.3 Å². The van der Waals surface area contributed by atoms with Crippen molar-refractivity contribution in [2.45, 2.75) is 40.0 Å². The minimum atomic E-state index is 0.0967. The summed E-state index contributed by atoms with van der Waals surface area (Å²) in [5.41, 5.74) is 2.03. The van der Waals surface area contributed by atoms with Gasteiger partial charge in [0.05, 0.1) is 17.9 Å². The van der Waals surface area contributed by atoms with Crippen LogP contribution in [-0.2, 0) is 17.6 Å². The van der Waals surface area contributed by atoms with E-state index in [2.05, 4.69) is 39.2 Å². The number of rotatable bonds is 6. The number of nitrogens with zero attached hydrogens (tertiary/aromatic N) is 5. The van der Waals surface area contributed by atoms with E-state index in [0.29, 0.717) is 13.1 Å². The van der Waals surface area contributed by atoms with Gasteiger partial charge in [0.2, 0.25) is 11.9 Å². The summed E-state index contributed by atoms with van der Waals surface area (Å²) in [6, 6.07) is 0. The molecule has 7 heteroatoms. The van der Waals surface area contributed by atoms with Crippen molar-refractivity contribution in [3.63, 3.8) is 0 Å². The number of likely N-dealkylation sites (N-methyl/N-ethyl adjacent to an activating group) is 1. The number of aromatic nitrogens is 3. The van der Waals surface area contributed by atoms with Crippen LogP contribution in [0.5, 0.6) is 0 Å². The van der Waals surface area contributed by atoms with Crippen LogP contribution in [0.15, 0.2) is 0 Å². The number of carbonyl (C=O) groups is 1. The maximum atomic E-state index is 11.7. The molecule has 1 fully saturated rings. The first kappa shape index (κ1) is 17.6. The van der Waals surface area contributed by atoms with Crippen LogP contribution in [0.2, 0.25) is 0 Å². The first-order valence-corrected chi connectivity index (χ1v) is 8.64. The summed E-state index contributed by atoms with van der Waals surface area (Å²) in [6.45, 7) is 10.8. The fourth-order valence-electron chi connectivity index (χ4n) is 2.85. The SMILES string of the molecule is CCNC(=O)CN1CCCN(c2nnc(CC)c(CC)n2)CC1. The molecule has 0 unspecified atom stereocenters. The van der Waals surface area contributed by atoms with Crippen molar-refractivity contribution in [1.29, 1.82) is 0 Å². The first-order valence-electron chi connectivity index (χ1n) is 8.64. The van der Waals surface area contributed by atoms with Crippen LogP contribution in [0.1, 0.15) is 38.6 Å². The molecule has 0 atom stereocenters. The highest BCUT2D eigenvalue weighted by atomic mass is 16.2. The molecule has 2 heterocycles. The van der Waals surface area contributed by atoms with Crippen molar-refractivity contribution < 1.29 is 4.79 Å². The molecule has 1 aromatic rings. The van der Waals surface area contributed by atoms with Crippen LogP contribution >= 0.6 is 0 Å². The number of amides is 1. The lowest BCUT2D eigenvalue weighted by Crippen LogP contribution is -2.39. The van der Waals surface area contributed by atoms with Gasteiger partial charge in [-0.25, -0.2) is 4.98 Å². The van der Waals surface area contributed by atoms with E-state index in [0.717, 1.165) is 62.8 Å². The molecule has 128 valence electrons. The number of anilines is 1. The molecule has 1 aliphatic rings. The Labute approximate surface area is 138 Å². The Morgan fingerprint density at radius 3 is 2.52 bits per heavy atom. The molecule has 23 heavy (non-hydrogen) atoms. The quantitative estimate of drug-likeness (QED) is 0.829. The Balaban J connectivity index is 1.98. The minimum absolute atomic E-state index is 0.0967. The van der Waals surface area contributed by atoms with Crippen LogP contribution in [0.25, 0.3) is 0 Å². The third-order valence-corrected chi connectivity index (χ3v) is 4.11. The van der Waals surface area contributed by atoms with E-state index in [1.807, 2.05) is 6.92 Å². The molecule has 1 aromatic heterocycles. The summed E-state index contributed by atoms with van der Waals surface area (Å²) in [6.07, 6.45) is 2.74. The molecular weight excluding hydrogens is 292 g/mol. The molecule has 1 amide bonds. The van der Waals surface area contributed by atoms with Crippen LogP contribution in [0, 0.1) is 0 Å². The predicted molar refractivity (Wildman–Crippen MR) is 90.5 cm³/mol. The van der Waals surface area contributed by atoms with Crippen LogP contribution in [0.4, 0.5) is 5.95 Å². The van der Waals surface area contributed by atoms with Gasteiger partial charge in [-0.05, 0) is 26.2 Å². The third-order valence-electron chi connectivity index (χ3n) is 4.11. The van der Waals surface area contributed by atoms with Gasteiger partial charge in [0, 0.05) is 32.7 Å². The number of nitrogens with one attached hydrogen (secondary N) is 1. The number of hydrogen-bond donors (Lipinski definition) is 1. The predicted octanol–water partition coefficient (Wildman–Crippen LogP) is 0.645. The second kappa shape index (κ2) is 8.76. The zero-order valence-corrected chi connectivity index (χ0v) is 14.5. The molecule has 2 rings (SSSR count). The monoisotopic (exact) mass is 320 g/mol. The minimum Gasteiger partial charge on any atom is -0.355 e. The van der Waals surface area contributed by atoms with Crippen LogP contribution < -0.4 is 10.2 Å². The average molecular weight is 320 g/mol. The lowest BCUT2D eigenvalue weighted by atomic mass is 10.2. The molecular formula is C16H28N6O. The van der Waals surface area contributed by atoms with Crippen molar-refractivity contribution in [2.75, 3.05) is 44.2 Å². The second-order valence-electron chi connectivity index (χ2n) is 5.78. The third kappa shape index (κ3) is 4.86. The van der Waals surface area contributed by atoms with Crippen molar-refractivity contribution in [2.24, 2.45) is 0 Å². The highest BCUT2D eigenvalue weighted by Crippen LogP contribution is 2.13. The average Bonchev–Trinajstić information content (AvgIpc) is 2.80. The topological polar surface area (TPSA) is 74.2 Å². The molecule has 0 bridgehead atoms. The highest BCUT2D eigenvalue weighted by molar-refractivity contribution is 5.77. The Hall–Kier alpha value is -1.76. The Morgan fingerprint density at radius 1 is 1.04 bits per heavy atom. The van der Waals surface area contributed by atoms with Gasteiger partial charge in [0.15, 0.2) is 0 Å². The smallest absolute Gasteiger partial charge is 0.245 e. The van der Waals surface area contributed by atoms with E-state index in [4.69, 9.17) is 4.98 Å². The summed E-state index contributed by atoms with van der Waals surface area (Å²) in [5, 5.41) is 11.5. The molecule has 0 radical (unpaired) electrons. The van der Waals surface area contributed by atoms with Gasteiger partial charge in [-0.1, -0.05) is 13.8 Å². The van der Waals surface area contributed by atoms with E-state index in [1.54, 1.807) is 0 Å². The number of carbonyl (C=O) groups excluding carboxylic acids is 1. The van der Waals surface area contributed by atoms with Crippen LogP contribution in [0.3, 0.4) is 0 Å². The second-order valence-corrected chi connectivity index (χ2v) is 5.78. The molecule has 1 N–H and O–H groups in total. The number of aryl methyl sites for hydroxylation is 2. The molecule has 0 aliphatic carbocycles. The van der Waals surface area contributed by atoms with Crippen molar-refractivity contribution in [3.05, 3.63) is 11.4 Å². The number of hydrogen-bond acceptors (Lipinski definition) is 6. The fourth-order valence-corrected chi connectivity index (χ4v) is 2.85. The Bertz CT molecular complexity index is 521. The van der Waals surface area contributed by atoms with E-state index in [9.17, 15) is 4.79 Å². The first-order chi connectivity index (χ1) is 11.2. The van der Waals surface area contributed by atoms with E-state index in [-0.39, 0.29) is 5.91 Å². The van der Waals surface area contributed by atoms with E-state index < -0.39 is 0 Å². The summed E-state index contributed by atoms with van der Waals surface area (Å²) in [4.78, 5) is 20.8. The summed E-state index contributed by atoms with van der Waals surface area (Å²) >= 11 is 0. The zero-order chi connectivity index (χ0) is 16.7.